The SMILES string of the molecule is C[C@@H](NC(=O)c1cc(Cl)cc(Cl)c1)[C@H]1C[C@H]2CC[C@H]1C2. The Hall–Kier alpha value is -0.730. The Morgan fingerprint density at radius 2 is 1.90 bits per heavy atom. The molecule has 0 spiro atoms. The maximum atomic E-state index is 12.3. The van der Waals surface area contributed by atoms with Crippen molar-refractivity contribution >= 4 is 29.1 Å². The predicted octanol–water partition coefficient (Wildman–Crippen LogP) is 4.55. The van der Waals surface area contributed by atoms with E-state index in [-0.39, 0.29) is 11.9 Å². The molecule has 20 heavy (non-hydrogen) atoms. The standard InChI is InChI=1S/C16H19Cl2NO/c1-9(15-5-10-2-3-11(15)4-10)19-16(20)12-6-13(17)8-14(18)7-12/h6-11,15H,2-5H2,1H3,(H,19,20)/t9-,10+,11+,15-/m1/s1. The average molecular weight is 312 g/mol. The van der Waals surface area contributed by atoms with Crippen LogP contribution in [-0.4, -0.2) is 11.9 Å². The van der Waals surface area contributed by atoms with Crippen LogP contribution in [0.4, 0.5) is 0 Å². The number of carbonyl (C=O) groups is 1. The Morgan fingerprint density at radius 1 is 1.20 bits per heavy atom. The largest absolute Gasteiger partial charge is 0.349 e. The minimum absolute atomic E-state index is 0.0790. The number of hydrogen-bond acceptors (Lipinski definition) is 1. The summed E-state index contributed by atoms with van der Waals surface area (Å²) >= 11 is 11.9. The van der Waals surface area contributed by atoms with Crippen LogP contribution >= 0.6 is 23.2 Å². The van der Waals surface area contributed by atoms with Gasteiger partial charge in [-0.15, -0.1) is 0 Å². The molecule has 2 aliphatic rings. The van der Waals surface area contributed by atoms with Crippen molar-refractivity contribution in [3.8, 4) is 0 Å². The van der Waals surface area contributed by atoms with Crippen molar-refractivity contribution in [2.45, 2.75) is 38.6 Å². The summed E-state index contributed by atoms with van der Waals surface area (Å²) in [6, 6.07) is 5.18. The first-order valence-electron chi connectivity index (χ1n) is 7.30. The Morgan fingerprint density at radius 3 is 2.45 bits per heavy atom. The molecule has 1 aromatic rings. The van der Waals surface area contributed by atoms with Gasteiger partial charge in [-0.3, -0.25) is 4.79 Å². The Kier molecular flexibility index (Phi) is 3.96. The summed E-state index contributed by atoms with van der Waals surface area (Å²) in [4.78, 5) is 12.3. The number of halogens is 2. The van der Waals surface area contributed by atoms with Gasteiger partial charge in [0.25, 0.3) is 5.91 Å². The van der Waals surface area contributed by atoms with E-state index in [0.717, 1.165) is 11.8 Å². The normalized spacial score (nSPS) is 29.4. The molecule has 4 heteroatoms. The van der Waals surface area contributed by atoms with Crippen molar-refractivity contribution in [1.29, 1.82) is 0 Å². The molecule has 108 valence electrons. The van der Waals surface area contributed by atoms with E-state index < -0.39 is 0 Å². The van der Waals surface area contributed by atoms with Gasteiger partial charge in [0.05, 0.1) is 0 Å². The number of rotatable bonds is 3. The summed E-state index contributed by atoms with van der Waals surface area (Å²) in [6.07, 6.45) is 5.33. The van der Waals surface area contributed by atoms with Crippen molar-refractivity contribution in [2.75, 3.05) is 0 Å². The molecule has 1 N–H and O–H groups in total. The summed E-state index contributed by atoms with van der Waals surface area (Å²) in [6.45, 7) is 2.12. The van der Waals surface area contributed by atoms with Crippen molar-refractivity contribution < 1.29 is 4.79 Å². The van der Waals surface area contributed by atoms with Gasteiger partial charge in [-0.1, -0.05) is 29.6 Å². The van der Waals surface area contributed by atoms with E-state index in [1.807, 2.05) is 0 Å². The summed E-state index contributed by atoms with van der Waals surface area (Å²) in [7, 11) is 0. The van der Waals surface area contributed by atoms with Gasteiger partial charge in [0.15, 0.2) is 0 Å². The van der Waals surface area contributed by atoms with Gasteiger partial charge in [0.2, 0.25) is 0 Å². The van der Waals surface area contributed by atoms with Crippen LogP contribution in [0.1, 0.15) is 43.0 Å². The molecule has 4 atom stereocenters. The van der Waals surface area contributed by atoms with Crippen LogP contribution in [0.2, 0.25) is 10.0 Å². The lowest BCUT2D eigenvalue weighted by atomic mass is 9.84. The lowest BCUT2D eigenvalue weighted by molar-refractivity contribution is 0.0915. The zero-order chi connectivity index (χ0) is 14.3. The molecule has 1 aromatic carbocycles. The second-order valence-corrected chi connectivity index (χ2v) is 7.13. The van der Waals surface area contributed by atoms with Crippen molar-refractivity contribution in [2.24, 2.45) is 17.8 Å². The van der Waals surface area contributed by atoms with Crippen LogP contribution in [0.25, 0.3) is 0 Å². The first-order valence-corrected chi connectivity index (χ1v) is 8.05. The average Bonchev–Trinajstić information content (AvgIpc) is 2.99. The summed E-state index contributed by atoms with van der Waals surface area (Å²) in [5, 5.41) is 4.11. The molecule has 3 rings (SSSR count). The highest BCUT2D eigenvalue weighted by Crippen LogP contribution is 2.49. The zero-order valence-electron chi connectivity index (χ0n) is 11.5. The van der Waals surface area contributed by atoms with Crippen LogP contribution in [-0.2, 0) is 0 Å². The zero-order valence-corrected chi connectivity index (χ0v) is 13.0. The second kappa shape index (κ2) is 5.57. The molecule has 2 bridgehead atoms. The molecule has 1 amide bonds. The van der Waals surface area contributed by atoms with Crippen LogP contribution in [0.15, 0.2) is 18.2 Å². The summed E-state index contributed by atoms with van der Waals surface area (Å²) in [5.41, 5.74) is 0.539. The molecule has 0 radical (unpaired) electrons. The van der Waals surface area contributed by atoms with E-state index in [0.29, 0.717) is 21.5 Å². The number of hydrogen-bond donors (Lipinski definition) is 1. The van der Waals surface area contributed by atoms with Gasteiger partial charge in [0, 0.05) is 21.7 Å². The van der Waals surface area contributed by atoms with E-state index in [9.17, 15) is 4.79 Å². The van der Waals surface area contributed by atoms with Gasteiger partial charge >= 0.3 is 0 Å². The lowest BCUT2D eigenvalue weighted by Gasteiger charge is -2.28. The Bertz CT molecular complexity index is 511. The number of fused-ring (bicyclic) bond motifs is 2. The Labute approximate surface area is 129 Å². The fourth-order valence-corrected chi connectivity index (χ4v) is 4.51. The molecule has 0 aliphatic heterocycles. The Balaban J connectivity index is 1.66. The number of nitrogens with one attached hydrogen (secondary N) is 1. The quantitative estimate of drug-likeness (QED) is 0.872. The third-order valence-electron chi connectivity index (χ3n) is 4.92. The fourth-order valence-electron chi connectivity index (χ4n) is 3.99. The highest BCUT2D eigenvalue weighted by molar-refractivity contribution is 6.35. The first kappa shape index (κ1) is 14.2. The predicted molar refractivity (Wildman–Crippen MR) is 82.3 cm³/mol. The van der Waals surface area contributed by atoms with E-state index in [4.69, 9.17) is 23.2 Å². The number of carbonyl (C=O) groups excluding carboxylic acids is 1. The highest BCUT2D eigenvalue weighted by atomic mass is 35.5. The molecule has 2 nitrogen and oxygen atoms in total. The molecule has 0 aromatic heterocycles. The minimum Gasteiger partial charge on any atom is -0.349 e. The molecule has 2 saturated carbocycles. The van der Waals surface area contributed by atoms with Crippen LogP contribution in [0.3, 0.4) is 0 Å². The summed E-state index contributed by atoms with van der Waals surface area (Å²) in [5.74, 6) is 2.25. The van der Waals surface area contributed by atoms with E-state index in [1.54, 1.807) is 18.2 Å². The van der Waals surface area contributed by atoms with Gasteiger partial charge in [-0.05, 0) is 62.1 Å². The molecule has 0 heterocycles. The minimum atomic E-state index is -0.0790. The van der Waals surface area contributed by atoms with Gasteiger partial charge in [-0.25, -0.2) is 0 Å². The topological polar surface area (TPSA) is 29.1 Å². The molecule has 2 fully saturated rings. The smallest absolute Gasteiger partial charge is 0.251 e. The number of amides is 1. The van der Waals surface area contributed by atoms with E-state index in [1.165, 1.54) is 25.7 Å². The fraction of sp³-hybridized carbons (Fsp3) is 0.562. The van der Waals surface area contributed by atoms with Crippen molar-refractivity contribution in [1.82, 2.24) is 5.32 Å². The molecule has 0 unspecified atom stereocenters. The number of benzene rings is 1. The van der Waals surface area contributed by atoms with Crippen molar-refractivity contribution in [3.05, 3.63) is 33.8 Å². The second-order valence-electron chi connectivity index (χ2n) is 6.26. The lowest BCUT2D eigenvalue weighted by Crippen LogP contribution is -2.40. The van der Waals surface area contributed by atoms with E-state index >= 15 is 0 Å². The van der Waals surface area contributed by atoms with Gasteiger partial charge < -0.3 is 5.32 Å². The maximum absolute atomic E-state index is 12.3. The van der Waals surface area contributed by atoms with Crippen molar-refractivity contribution in [3.63, 3.8) is 0 Å². The molecule has 2 aliphatic carbocycles. The maximum Gasteiger partial charge on any atom is 0.251 e. The van der Waals surface area contributed by atoms with Crippen LogP contribution in [0, 0.1) is 17.8 Å². The highest BCUT2D eigenvalue weighted by Gasteiger charge is 2.42. The summed E-state index contributed by atoms with van der Waals surface area (Å²) < 4.78 is 0. The third kappa shape index (κ3) is 2.82. The molecular weight excluding hydrogens is 293 g/mol. The van der Waals surface area contributed by atoms with Gasteiger partial charge in [0.1, 0.15) is 0 Å². The van der Waals surface area contributed by atoms with E-state index in [2.05, 4.69) is 12.2 Å². The molecule has 0 saturated heterocycles. The van der Waals surface area contributed by atoms with Crippen LogP contribution < -0.4 is 5.32 Å². The van der Waals surface area contributed by atoms with Crippen LogP contribution in [0.5, 0.6) is 0 Å². The monoisotopic (exact) mass is 311 g/mol. The molecular formula is C16H19Cl2NO. The van der Waals surface area contributed by atoms with Gasteiger partial charge in [-0.2, -0.15) is 0 Å². The third-order valence-corrected chi connectivity index (χ3v) is 5.35. The first-order chi connectivity index (χ1) is 9.52.